The fourth-order valence-corrected chi connectivity index (χ4v) is 4.65. The van der Waals surface area contributed by atoms with Gasteiger partial charge in [0.15, 0.2) is 0 Å². The summed E-state index contributed by atoms with van der Waals surface area (Å²) in [5.41, 5.74) is 4.53. The summed E-state index contributed by atoms with van der Waals surface area (Å²) in [4.78, 5) is 36.9. The molecule has 3 N–H and O–H groups in total. The number of hydrogen-bond donors (Lipinski definition) is 3. The van der Waals surface area contributed by atoms with Crippen molar-refractivity contribution in [2.45, 2.75) is 76.8 Å². The second kappa shape index (κ2) is 12.9. The van der Waals surface area contributed by atoms with Crippen molar-refractivity contribution in [2.24, 2.45) is 0 Å². The number of carboxylic acids is 1. The highest BCUT2D eigenvalue weighted by Crippen LogP contribution is 2.44. The molecule has 0 spiro atoms. The lowest BCUT2D eigenvalue weighted by Crippen LogP contribution is -2.50. The lowest BCUT2D eigenvalue weighted by molar-refractivity contribution is -0.137. The van der Waals surface area contributed by atoms with E-state index < -0.39 is 24.1 Å². The highest BCUT2D eigenvalue weighted by molar-refractivity contribution is 5.86. The standard InChI is InChI=1S/C28H36N2O5/c1-3-5-11-19(17-26(31)32)29-27(33)25(16-6-4-2)30-28(34)35-18-24-22-14-9-7-12-20(22)21-13-8-10-15-23(21)24/h7-10,12-15,19,24-25H,3-6,11,16-18H2,1-2H3,(H,29,33)(H,30,34)(H,31,32)/t19-,25+/m1/s1. The summed E-state index contributed by atoms with van der Waals surface area (Å²) in [5.74, 6) is -1.39. The molecular formula is C28H36N2O5. The molecule has 188 valence electrons. The first-order valence-electron chi connectivity index (χ1n) is 12.6. The zero-order chi connectivity index (χ0) is 25.2. The summed E-state index contributed by atoms with van der Waals surface area (Å²) in [5, 5.41) is 14.7. The van der Waals surface area contributed by atoms with Crippen molar-refractivity contribution in [1.29, 1.82) is 0 Å². The van der Waals surface area contributed by atoms with Crippen LogP contribution < -0.4 is 10.6 Å². The largest absolute Gasteiger partial charge is 0.481 e. The Morgan fingerprint density at radius 3 is 2.03 bits per heavy atom. The molecule has 7 heteroatoms. The lowest BCUT2D eigenvalue weighted by atomic mass is 9.98. The van der Waals surface area contributed by atoms with Crippen LogP contribution >= 0.6 is 0 Å². The molecule has 0 radical (unpaired) electrons. The van der Waals surface area contributed by atoms with Crippen molar-refractivity contribution < 1.29 is 24.2 Å². The minimum absolute atomic E-state index is 0.0648. The average Bonchev–Trinajstić information content (AvgIpc) is 3.17. The van der Waals surface area contributed by atoms with Crippen molar-refractivity contribution >= 4 is 18.0 Å². The Labute approximate surface area is 207 Å². The van der Waals surface area contributed by atoms with Gasteiger partial charge >= 0.3 is 12.1 Å². The van der Waals surface area contributed by atoms with Crippen LogP contribution in [0.15, 0.2) is 48.5 Å². The van der Waals surface area contributed by atoms with Gasteiger partial charge in [0.1, 0.15) is 12.6 Å². The third-order valence-corrected chi connectivity index (χ3v) is 6.47. The Balaban J connectivity index is 1.63. The quantitative estimate of drug-likeness (QED) is 0.364. The zero-order valence-corrected chi connectivity index (χ0v) is 20.6. The fraction of sp³-hybridized carbons (Fsp3) is 0.464. The number of benzene rings is 2. The highest BCUT2D eigenvalue weighted by atomic mass is 16.5. The number of rotatable bonds is 13. The summed E-state index contributed by atoms with van der Waals surface area (Å²) in [7, 11) is 0. The number of aliphatic carboxylic acids is 1. The van der Waals surface area contributed by atoms with Crippen LogP contribution in [0, 0.1) is 0 Å². The Bertz CT molecular complexity index is 976. The van der Waals surface area contributed by atoms with Crippen molar-refractivity contribution in [2.75, 3.05) is 6.61 Å². The fourth-order valence-electron chi connectivity index (χ4n) is 4.65. The van der Waals surface area contributed by atoms with Crippen LogP contribution in [-0.2, 0) is 14.3 Å². The molecule has 3 rings (SSSR count). The molecule has 7 nitrogen and oxygen atoms in total. The Kier molecular flexibility index (Phi) is 9.70. The second-order valence-corrected chi connectivity index (χ2v) is 9.11. The maximum Gasteiger partial charge on any atom is 0.407 e. The van der Waals surface area contributed by atoms with Crippen LogP contribution in [0.25, 0.3) is 11.1 Å². The first-order chi connectivity index (χ1) is 16.9. The van der Waals surface area contributed by atoms with E-state index in [1.165, 1.54) is 0 Å². The molecule has 2 atom stereocenters. The lowest BCUT2D eigenvalue weighted by Gasteiger charge is -2.23. The monoisotopic (exact) mass is 480 g/mol. The first kappa shape index (κ1) is 26.3. The van der Waals surface area contributed by atoms with Gasteiger partial charge in [-0.2, -0.15) is 0 Å². The predicted octanol–water partition coefficient (Wildman–Crippen LogP) is 5.23. The van der Waals surface area contributed by atoms with Gasteiger partial charge < -0.3 is 20.5 Å². The molecule has 0 heterocycles. The number of amides is 2. The van der Waals surface area contributed by atoms with Gasteiger partial charge in [-0.05, 0) is 35.1 Å². The Morgan fingerprint density at radius 2 is 1.46 bits per heavy atom. The number of hydrogen-bond acceptors (Lipinski definition) is 4. The highest BCUT2D eigenvalue weighted by Gasteiger charge is 2.30. The van der Waals surface area contributed by atoms with E-state index in [2.05, 4.69) is 34.9 Å². The van der Waals surface area contributed by atoms with Gasteiger partial charge in [0.05, 0.1) is 6.42 Å². The van der Waals surface area contributed by atoms with Crippen molar-refractivity contribution in [3.05, 3.63) is 59.7 Å². The summed E-state index contributed by atoms with van der Waals surface area (Å²) < 4.78 is 5.61. The molecule has 0 aromatic heterocycles. The Hall–Kier alpha value is -3.35. The molecule has 0 saturated carbocycles. The number of carbonyl (C=O) groups is 3. The van der Waals surface area contributed by atoms with Gasteiger partial charge in [0.25, 0.3) is 0 Å². The molecule has 0 unspecified atom stereocenters. The minimum atomic E-state index is -0.957. The predicted molar refractivity (Wildman–Crippen MR) is 135 cm³/mol. The molecule has 0 aliphatic heterocycles. The van der Waals surface area contributed by atoms with E-state index in [1.54, 1.807) is 0 Å². The summed E-state index contributed by atoms with van der Waals surface area (Å²) in [6.45, 7) is 4.19. The van der Waals surface area contributed by atoms with Gasteiger partial charge in [0.2, 0.25) is 5.91 Å². The normalized spacial score (nSPS) is 13.9. The van der Waals surface area contributed by atoms with E-state index in [4.69, 9.17) is 4.74 Å². The van der Waals surface area contributed by atoms with Gasteiger partial charge in [0, 0.05) is 12.0 Å². The van der Waals surface area contributed by atoms with Gasteiger partial charge in [-0.1, -0.05) is 88.1 Å². The van der Waals surface area contributed by atoms with E-state index in [-0.39, 0.29) is 24.9 Å². The number of fused-ring (bicyclic) bond motifs is 3. The van der Waals surface area contributed by atoms with E-state index in [0.717, 1.165) is 47.9 Å². The van der Waals surface area contributed by atoms with Crippen LogP contribution in [0.2, 0.25) is 0 Å². The molecule has 0 bridgehead atoms. The molecule has 0 fully saturated rings. The van der Waals surface area contributed by atoms with E-state index in [9.17, 15) is 19.5 Å². The summed E-state index contributed by atoms with van der Waals surface area (Å²) in [6.07, 6.45) is 3.59. The number of nitrogens with one attached hydrogen (secondary N) is 2. The van der Waals surface area contributed by atoms with Crippen LogP contribution in [0.3, 0.4) is 0 Å². The number of alkyl carbamates (subject to hydrolysis) is 1. The van der Waals surface area contributed by atoms with Gasteiger partial charge in [-0.25, -0.2) is 4.79 Å². The van der Waals surface area contributed by atoms with Crippen molar-refractivity contribution in [3.63, 3.8) is 0 Å². The van der Waals surface area contributed by atoms with E-state index in [0.29, 0.717) is 12.8 Å². The van der Waals surface area contributed by atoms with Crippen LogP contribution in [0.1, 0.15) is 75.8 Å². The minimum Gasteiger partial charge on any atom is -0.481 e. The average molecular weight is 481 g/mol. The second-order valence-electron chi connectivity index (χ2n) is 9.11. The molecular weight excluding hydrogens is 444 g/mol. The van der Waals surface area contributed by atoms with Crippen molar-refractivity contribution in [3.8, 4) is 11.1 Å². The molecule has 1 aliphatic carbocycles. The smallest absolute Gasteiger partial charge is 0.407 e. The summed E-state index contributed by atoms with van der Waals surface area (Å²) >= 11 is 0. The maximum atomic E-state index is 13.0. The number of carboxylic acid groups (broad SMARTS) is 1. The topological polar surface area (TPSA) is 105 Å². The van der Waals surface area contributed by atoms with Crippen LogP contribution in [0.4, 0.5) is 4.79 Å². The van der Waals surface area contributed by atoms with E-state index in [1.807, 2.05) is 38.1 Å². The van der Waals surface area contributed by atoms with Crippen molar-refractivity contribution in [1.82, 2.24) is 10.6 Å². The molecule has 35 heavy (non-hydrogen) atoms. The van der Waals surface area contributed by atoms with Gasteiger partial charge in [-0.3, -0.25) is 9.59 Å². The third kappa shape index (κ3) is 7.07. The SMILES string of the molecule is CCCC[C@H](CC(=O)O)NC(=O)[C@H](CCCC)NC(=O)OCC1c2ccccc2-c2ccccc21. The number of unbranched alkanes of at least 4 members (excludes halogenated alkanes) is 2. The third-order valence-electron chi connectivity index (χ3n) is 6.47. The first-order valence-corrected chi connectivity index (χ1v) is 12.6. The molecule has 1 aliphatic rings. The molecule has 2 aromatic carbocycles. The zero-order valence-electron chi connectivity index (χ0n) is 20.6. The molecule has 0 saturated heterocycles. The van der Waals surface area contributed by atoms with Gasteiger partial charge in [-0.15, -0.1) is 0 Å². The molecule has 2 amide bonds. The number of ether oxygens (including phenoxy) is 1. The Morgan fingerprint density at radius 1 is 0.886 bits per heavy atom. The number of carbonyl (C=O) groups excluding carboxylic acids is 2. The molecule has 2 aromatic rings. The van der Waals surface area contributed by atoms with E-state index >= 15 is 0 Å². The maximum absolute atomic E-state index is 13.0. The summed E-state index contributed by atoms with van der Waals surface area (Å²) in [6, 6.07) is 15.0. The van der Waals surface area contributed by atoms with Crippen LogP contribution in [0.5, 0.6) is 0 Å². The van der Waals surface area contributed by atoms with Crippen LogP contribution in [-0.4, -0.2) is 41.8 Å².